The first kappa shape index (κ1) is 16.0. The molecule has 16 heavy (non-hydrogen) atoms. The van der Waals surface area contributed by atoms with E-state index in [-0.39, 0.29) is 0 Å². The molecule has 2 rings (SSSR count). The summed E-state index contributed by atoms with van der Waals surface area (Å²) in [5.41, 5.74) is 2.69. The molecule has 0 amide bonds. The first-order valence-corrected chi connectivity index (χ1v) is 16.3. The van der Waals surface area contributed by atoms with E-state index in [1.807, 2.05) is 24.3 Å². The van der Waals surface area contributed by atoms with E-state index in [2.05, 4.69) is 42.4 Å². The molecule has 0 atom stereocenters. The topological polar surface area (TPSA) is 0 Å². The van der Waals surface area contributed by atoms with Crippen LogP contribution in [0.25, 0.3) is 0 Å². The summed E-state index contributed by atoms with van der Waals surface area (Å²) < 4.78 is 3.38. The molecular formula is C13H16Cl2Hf-2. The van der Waals surface area contributed by atoms with Gasteiger partial charge >= 0.3 is 40.0 Å². The number of hydrogen-bond donors (Lipinski definition) is 0. The van der Waals surface area contributed by atoms with Gasteiger partial charge in [0.2, 0.25) is 0 Å². The van der Waals surface area contributed by atoms with Crippen LogP contribution in [0, 0.1) is 13.8 Å². The summed E-state index contributed by atoms with van der Waals surface area (Å²) in [4.78, 5) is 0. The van der Waals surface area contributed by atoms with E-state index < -0.39 is 18.6 Å². The Hall–Kier alpha value is 0.0201. The minimum atomic E-state index is -1.96. The van der Waals surface area contributed by atoms with Crippen molar-refractivity contribution in [3.8, 4) is 0 Å². The second-order valence-electron chi connectivity index (χ2n) is 3.26. The fraction of sp³-hybridized carbons (Fsp3) is 0.154. The zero-order valence-corrected chi connectivity index (χ0v) is 14.7. The van der Waals surface area contributed by atoms with E-state index in [4.69, 9.17) is 17.2 Å². The quantitative estimate of drug-likeness (QED) is 0.424. The average molecular weight is 422 g/mol. The normalized spacial score (nSPS) is 8.25. The van der Waals surface area contributed by atoms with Crippen molar-refractivity contribution in [1.29, 1.82) is 0 Å². The Labute approximate surface area is 113 Å². The Morgan fingerprint density at radius 2 is 1.31 bits per heavy atom. The molecule has 0 saturated carbocycles. The van der Waals surface area contributed by atoms with Crippen molar-refractivity contribution < 1.29 is 18.6 Å². The number of hydrogen-bond acceptors (Lipinski definition) is 0. The van der Waals surface area contributed by atoms with Crippen molar-refractivity contribution in [2.24, 2.45) is 0 Å². The Morgan fingerprint density at radius 1 is 1.00 bits per heavy atom. The van der Waals surface area contributed by atoms with Crippen LogP contribution in [0.2, 0.25) is 0 Å². The van der Waals surface area contributed by atoms with Gasteiger partial charge in [0, 0.05) is 0 Å². The summed E-state index contributed by atoms with van der Waals surface area (Å²) in [7, 11) is 10.3. The van der Waals surface area contributed by atoms with Gasteiger partial charge in [0.15, 0.2) is 0 Å². The maximum absolute atomic E-state index is 5.14. The van der Waals surface area contributed by atoms with E-state index in [1.54, 1.807) is 0 Å². The second-order valence-corrected chi connectivity index (χ2v) is 14.7. The SMILES string of the molecule is Cc1cc[cH-]c1.Cc1cc[cH-]c1.[CH2]=[Hf]([Cl])[Cl]. The van der Waals surface area contributed by atoms with Crippen molar-refractivity contribution in [2.75, 3.05) is 0 Å². The third-order valence-corrected chi connectivity index (χ3v) is 1.66. The van der Waals surface area contributed by atoms with Crippen molar-refractivity contribution in [1.82, 2.24) is 0 Å². The van der Waals surface area contributed by atoms with Crippen LogP contribution in [-0.4, -0.2) is 4.26 Å². The molecule has 0 aliphatic rings. The summed E-state index contributed by atoms with van der Waals surface area (Å²) in [5.74, 6) is 0. The third-order valence-electron chi connectivity index (χ3n) is 1.66. The summed E-state index contributed by atoms with van der Waals surface area (Å²) in [5, 5.41) is 0. The van der Waals surface area contributed by atoms with E-state index in [0.717, 1.165) is 0 Å². The fourth-order valence-electron chi connectivity index (χ4n) is 0.940. The Morgan fingerprint density at radius 3 is 1.38 bits per heavy atom. The minimum absolute atomic E-state index is 1.34. The van der Waals surface area contributed by atoms with Crippen molar-refractivity contribution in [3.63, 3.8) is 0 Å². The zero-order chi connectivity index (χ0) is 12.4. The molecule has 88 valence electrons. The molecule has 0 saturated heterocycles. The molecular weight excluding hydrogens is 406 g/mol. The van der Waals surface area contributed by atoms with Crippen LogP contribution in [0.1, 0.15) is 11.1 Å². The average Bonchev–Trinajstić information content (AvgIpc) is 2.78. The first-order chi connectivity index (χ1) is 7.52. The van der Waals surface area contributed by atoms with Crippen LogP contribution in [0.5, 0.6) is 0 Å². The molecule has 0 spiro atoms. The summed E-state index contributed by atoms with van der Waals surface area (Å²) >= 11 is -1.96. The predicted octanol–water partition coefficient (Wildman–Crippen LogP) is 4.77. The molecule has 0 radical (unpaired) electrons. The molecule has 0 bridgehead atoms. The van der Waals surface area contributed by atoms with Gasteiger partial charge in [0.25, 0.3) is 0 Å². The second kappa shape index (κ2) is 10.2. The van der Waals surface area contributed by atoms with Crippen LogP contribution in [0.15, 0.2) is 48.5 Å². The van der Waals surface area contributed by atoms with E-state index >= 15 is 0 Å². The third kappa shape index (κ3) is 12.1. The molecule has 0 fully saturated rings. The predicted molar refractivity (Wildman–Crippen MR) is 72.4 cm³/mol. The molecule has 0 heterocycles. The number of aryl methyl sites for hydroxylation is 2. The number of halogens is 2. The van der Waals surface area contributed by atoms with Gasteiger partial charge in [-0.05, 0) is 0 Å². The molecule has 0 aliphatic carbocycles. The Bertz CT molecular complexity index is 324. The van der Waals surface area contributed by atoms with Gasteiger partial charge in [-0.15, -0.1) is 0 Å². The number of rotatable bonds is 0. The Balaban J connectivity index is 0.000000217. The van der Waals surface area contributed by atoms with Crippen LogP contribution >= 0.6 is 17.2 Å². The molecule has 0 nitrogen and oxygen atoms in total. The first-order valence-electron chi connectivity index (χ1n) is 4.89. The summed E-state index contributed by atoms with van der Waals surface area (Å²) in [6.07, 6.45) is 0. The molecule has 2 aromatic rings. The van der Waals surface area contributed by atoms with Crippen LogP contribution in [0.4, 0.5) is 0 Å². The van der Waals surface area contributed by atoms with Gasteiger partial charge in [-0.25, -0.2) is 23.3 Å². The summed E-state index contributed by atoms with van der Waals surface area (Å²) in [6.45, 7) is 4.17. The van der Waals surface area contributed by atoms with Crippen molar-refractivity contribution in [3.05, 3.63) is 59.7 Å². The van der Waals surface area contributed by atoms with Gasteiger partial charge in [0.1, 0.15) is 0 Å². The zero-order valence-electron chi connectivity index (χ0n) is 9.58. The van der Waals surface area contributed by atoms with Crippen molar-refractivity contribution >= 4 is 21.4 Å². The molecule has 0 aromatic heterocycles. The standard InChI is InChI=1S/2C6H7.CH2.2ClH.Hf/c2*1-6-4-2-3-5-6;;;;/h2*2-5H,1H3;1H2;2*1H;/q2*-1;;;;+2/p-2. The molecule has 2 aromatic carbocycles. The Kier molecular flexibility index (Phi) is 10.2. The van der Waals surface area contributed by atoms with E-state index in [1.165, 1.54) is 11.1 Å². The van der Waals surface area contributed by atoms with Gasteiger partial charge < -0.3 is 0 Å². The molecule has 3 heteroatoms. The molecule has 0 N–H and O–H groups in total. The maximum atomic E-state index is 5.14. The summed E-state index contributed by atoms with van der Waals surface area (Å²) in [6, 6.07) is 16.5. The van der Waals surface area contributed by atoms with Crippen LogP contribution < -0.4 is 0 Å². The van der Waals surface area contributed by atoms with E-state index in [9.17, 15) is 0 Å². The van der Waals surface area contributed by atoms with Gasteiger partial charge in [-0.3, -0.25) is 0 Å². The van der Waals surface area contributed by atoms with Gasteiger partial charge in [-0.1, -0.05) is 13.8 Å². The van der Waals surface area contributed by atoms with E-state index in [0.29, 0.717) is 0 Å². The monoisotopic (exact) mass is 422 g/mol. The van der Waals surface area contributed by atoms with Gasteiger partial charge in [0.05, 0.1) is 0 Å². The van der Waals surface area contributed by atoms with Crippen LogP contribution in [-0.2, 0) is 18.6 Å². The van der Waals surface area contributed by atoms with Crippen molar-refractivity contribution in [2.45, 2.75) is 13.8 Å². The fourth-order valence-corrected chi connectivity index (χ4v) is 0.940. The molecule has 0 unspecified atom stereocenters. The van der Waals surface area contributed by atoms with Crippen LogP contribution in [0.3, 0.4) is 0 Å². The molecule has 0 aliphatic heterocycles. The van der Waals surface area contributed by atoms with Gasteiger partial charge in [-0.2, -0.15) is 36.4 Å².